The topological polar surface area (TPSA) is 74.9 Å². The number of anilines is 1. The molecule has 1 aliphatic heterocycles. The lowest BCUT2D eigenvalue weighted by Gasteiger charge is -2.16. The Labute approximate surface area is 186 Å². The lowest BCUT2D eigenvalue weighted by atomic mass is 10.1. The van der Waals surface area contributed by atoms with Gasteiger partial charge in [0.15, 0.2) is 5.65 Å². The monoisotopic (exact) mass is 432 g/mol. The smallest absolute Gasteiger partial charge is 0.259 e. The van der Waals surface area contributed by atoms with E-state index < -0.39 is 0 Å². The summed E-state index contributed by atoms with van der Waals surface area (Å²) < 4.78 is 3.85. The van der Waals surface area contributed by atoms with Crippen molar-refractivity contribution < 1.29 is 4.79 Å². The van der Waals surface area contributed by atoms with Crippen LogP contribution in [0.2, 0.25) is 0 Å². The largest absolute Gasteiger partial charge is 0.363 e. The van der Waals surface area contributed by atoms with Crippen molar-refractivity contribution >= 4 is 39.4 Å². The number of imidazole rings is 1. The van der Waals surface area contributed by atoms with Crippen LogP contribution in [0, 0.1) is 0 Å². The van der Waals surface area contributed by atoms with Crippen molar-refractivity contribution in [2.75, 3.05) is 45.2 Å². The number of fused-ring (bicyclic) bond motifs is 5. The van der Waals surface area contributed by atoms with Crippen LogP contribution in [-0.4, -0.2) is 65.0 Å². The van der Waals surface area contributed by atoms with Crippen LogP contribution < -0.4 is 15.6 Å². The number of pyridine rings is 2. The zero-order chi connectivity index (χ0) is 22.4. The number of nitrogens with one attached hydrogen (secondary N) is 1. The molecule has 1 saturated heterocycles. The van der Waals surface area contributed by atoms with Crippen LogP contribution in [0.1, 0.15) is 23.2 Å². The van der Waals surface area contributed by atoms with Gasteiger partial charge >= 0.3 is 0 Å². The van der Waals surface area contributed by atoms with E-state index in [9.17, 15) is 9.59 Å². The first-order chi connectivity index (χ1) is 15.5. The minimum Gasteiger partial charge on any atom is -0.363 e. The number of benzene rings is 1. The molecule has 0 bridgehead atoms. The Balaban J connectivity index is 1.71. The van der Waals surface area contributed by atoms with Gasteiger partial charge in [-0.2, -0.15) is 0 Å². The Kier molecular flexibility index (Phi) is 5.09. The van der Waals surface area contributed by atoms with Crippen molar-refractivity contribution in [1.82, 2.24) is 24.2 Å². The van der Waals surface area contributed by atoms with E-state index in [1.165, 1.54) is 12.8 Å². The molecule has 1 N–H and O–H groups in total. The van der Waals surface area contributed by atoms with Gasteiger partial charge < -0.3 is 19.7 Å². The third kappa shape index (κ3) is 3.22. The number of aryl methyl sites for hydroxylation is 1. The highest BCUT2D eigenvalue weighted by molar-refractivity contribution is 6.05. The average Bonchev–Trinajstić information content (AvgIpc) is 3.41. The molecule has 0 atom stereocenters. The average molecular weight is 433 g/mol. The van der Waals surface area contributed by atoms with Crippen LogP contribution in [0.15, 0.2) is 41.2 Å². The summed E-state index contributed by atoms with van der Waals surface area (Å²) in [5.41, 5.74) is 2.83. The number of amides is 1. The van der Waals surface area contributed by atoms with Gasteiger partial charge in [0.05, 0.1) is 16.4 Å². The molecule has 0 radical (unpaired) electrons. The third-order valence-corrected chi connectivity index (χ3v) is 6.38. The molecule has 1 aliphatic rings. The second kappa shape index (κ2) is 7.94. The first kappa shape index (κ1) is 20.5. The number of carbonyl (C=O) groups excluding carboxylic acids is 1. The SMILES string of the molecule is CN(C)c1ccc2c(=O)c(C(=O)NCCN3CCCC3)c3n(C)c4ccccc4n3c2n1. The summed E-state index contributed by atoms with van der Waals surface area (Å²) in [5, 5.41) is 3.43. The number of likely N-dealkylation sites (tertiary alicyclic amines) is 1. The molecule has 3 aromatic heterocycles. The Bertz CT molecular complexity index is 1390. The van der Waals surface area contributed by atoms with Crippen molar-refractivity contribution in [3.8, 4) is 0 Å². The van der Waals surface area contributed by atoms with Crippen LogP contribution in [0.3, 0.4) is 0 Å². The highest BCUT2D eigenvalue weighted by atomic mass is 16.2. The molecular weight excluding hydrogens is 404 g/mol. The summed E-state index contributed by atoms with van der Waals surface area (Å²) in [7, 11) is 5.72. The maximum absolute atomic E-state index is 13.6. The van der Waals surface area contributed by atoms with Gasteiger partial charge in [-0.05, 0) is 50.2 Å². The van der Waals surface area contributed by atoms with Crippen LogP contribution in [0.4, 0.5) is 5.82 Å². The maximum atomic E-state index is 13.6. The van der Waals surface area contributed by atoms with E-state index in [0.717, 1.165) is 36.5 Å². The second-order valence-corrected chi connectivity index (χ2v) is 8.65. The van der Waals surface area contributed by atoms with E-state index in [-0.39, 0.29) is 16.9 Å². The van der Waals surface area contributed by atoms with Gasteiger partial charge in [0.2, 0.25) is 5.43 Å². The van der Waals surface area contributed by atoms with Crippen molar-refractivity contribution in [3.05, 3.63) is 52.2 Å². The maximum Gasteiger partial charge on any atom is 0.259 e. The minimum absolute atomic E-state index is 0.164. The van der Waals surface area contributed by atoms with Gasteiger partial charge in [-0.15, -0.1) is 0 Å². The molecular formula is C24H28N6O2. The number of aromatic nitrogens is 3. The summed E-state index contributed by atoms with van der Waals surface area (Å²) in [5.74, 6) is 0.414. The molecule has 0 aliphatic carbocycles. The fourth-order valence-corrected chi connectivity index (χ4v) is 4.71. The number of rotatable bonds is 5. The molecule has 4 aromatic rings. The second-order valence-electron chi connectivity index (χ2n) is 8.65. The Morgan fingerprint density at radius 3 is 2.53 bits per heavy atom. The number of nitrogens with zero attached hydrogens (tertiary/aromatic N) is 5. The predicted octanol–water partition coefficient (Wildman–Crippen LogP) is 2.23. The van der Waals surface area contributed by atoms with Gasteiger partial charge in [0.1, 0.15) is 17.0 Å². The molecule has 1 fully saturated rings. The zero-order valence-corrected chi connectivity index (χ0v) is 18.8. The van der Waals surface area contributed by atoms with Crippen LogP contribution in [0.5, 0.6) is 0 Å². The minimum atomic E-state index is -0.337. The van der Waals surface area contributed by atoms with Crippen LogP contribution in [-0.2, 0) is 7.05 Å². The molecule has 0 saturated carbocycles. The summed E-state index contributed by atoms with van der Waals surface area (Å²) >= 11 is 0. The quantitative estimate of drug-likeness (QED) is 0.524. The van der Waals surface area contributed by atoms with Gasteiger partial charge in [-0.25, -0.2) is 4.98 Å². The van der Waals surface area contributed by atoms with Gasteiger partial charge in [-0.1, -0.05) is 12.1 Å². The molecule has 8 nitrogen and oxygen atoms in total. The predicted molar refractivity (Wildman–Crippen MR) is 128 cm³/mol. The van der Waals surface area contributed by atoms with Gasteiger partial charge in [0, 0.05) is 34.2 Å². The Hall–Kier alpha value is -3.39. The number of para-hydroxylation sites is 2. The summed E-state index contributed by atoms with van der Waals surface area (Å²) in [6.45, 7) is 3.46. The fraction of sp³-hybridized carbons (Fsp3) is 0.375. The lowest BCUT2D eigenvalue weighted by Crippen LogP contribution is -2.36. The summed E-state index contributed by atoms with van der Waals surface area (Å²) in [4.78, 5) is 35.9. The number of hydrogen-bond acceptors (Lipinski definition) is 5. The summed E-state index contributed by atoms with van der Waals surface area (Å²) in [6, 6.07) is 11.5. The molecule has 0 unspecified atom stereocenters. The third-order valence-electron chi connectivity index (χ3n) is 6.38. The van der Waals surface area contributed by atoms with E-state index in [0.29, 0.717) is 23.2 Å². The standard InChI is InChI=1S/C24H28N6O2/c1-27(2)19-11-10-16-21(31)20(23(32)25-12-15-29-13-6-7-14-29)24-28(3)17-8-4-5-9-18(17)30(24)22(16)26-19/h4-5,8-11H,6-7,12-15H2,1-3H3,(H,25,32). The Morgan fingerprint density at radius 1 is 1.09 bits per heavy atom. The van der Waals surface area contributed by atoms with Crippen LogP contribution >= 0.6 is 0 Å². The van der Waals surface area contributed by atoms with E-state index >= 15 is 0 Å². The molecule has 8 heteroatoms. The molecule has 5 rings (SSSR count). The highest BCUT2D eigenvalue weighted by Crippen LogP contribution is 2.26. The molecule has 1 amide bonds. The van der Waals surface area contributed by atoms with E-state index in [1.54, 1.807) is 6.07 Å². The normalized spacial score (nSPS) is 14.6. The van der Waals surface area contributed by atoms with E-state index in [4.69, 9.17) is 4.98 Å². The van der Waals surface area contributed by atoms with E-state index in [1.807, 2.05) is 65.3 Å². The van der Waals surface area contributed by atoms with E-state index in [2.05, 4.69) is 10.2 Å². The summed E-state index contributed by atoms with van der Waals surface area (Å²) in [6.07, 6.45) is 2.41. The fourth-order valence-electron chi connectivity index (χ4n) is 4.71. The first-order valence-corrected chi connectivity index (χ1v) is 11.1. The first-order valence-electron chi connectivity index (χ1n) is 11.1. The number of carbonyl (C=O) groups is 1. The van der Waals surface area contributed by atoms with Crippen molar-refractivity contribution in [2.24, 2.45) is 7.05 Å². The Morgan fingerprint density at radius 2 is 1.81 bits per heavy atom. The lowest BCUT2D eigenvalue weighted by molar-refractivity contribution is 0.0950. The van der Waals surface area contributed by atoms with Crippen molar-refractivity contribution in [1.29, 1.82) is 0 Å². The molecule has 1 aromatic carbocycles. The molecule has 166 valence electrons. The van der Waals surface area contributed by atoms with Gasteiger partial charge in [0.25, 0.3) is 5.91 Å². The molecule has 32 heavy (non-hydrogen) atoms. The molecule has 0 spiro atoms. The highest BCUT2D eigenvalue weighted by Gasteiger charge is 2.24. The van der Waals surface area contributed by atoms with Crippen molar-refractivity contribution in [2.45, 2.75) is 12.8 Å². The zero-order valence-electron chi connectivity index (χ0n) is 18.8. The van der Waals surface area contributed by atoms with Crippen molar-refractivity contribution in [3.63, 3.8) is 0 Å². The van der Waals surface area contributed by atoms with Gasteiger partial charge in [-0.3, -0.25) is 14.0 Å². The number of hydrogen-bond donors (Lipinski definition) is 1. The van der Waals surface area contributed by atoms with Crippen LogP contribution in [0.25, 0.3) is 27.7 Å². The molecule has 4 heterocycles.